The van der Waals surface area contributed by atoms with Crippen LogP contribution in [0, 0.1) is 18.3 Å². The van der Waals surface area contributed by atoms with Crippen molar-refractivity contribution in [2.24, 2.45) is 0 Å². The van der Waals surface area contributed by atoms with Gasteiger partial charge in [-0.05, 0) is 36.2 Å². The third-order valence-electron chi connectivity index (χ3n) is 4.29. The first-order valence-electron chi connectivity index (χ1n) is 8.26. The largest absolute Gasteiger partial charge is 0.399 e. The van der Waals surface area contributed by atoms with E-state index in [0.717, 1.165) is 22.2 Å². The minimum Gasteiger partial charge on any atom is -0.399 e. The standard InChI is InChI=1S/C19H16N8/c1-11-7-12(5-6-15(11)21)10-27-18-14(9-23-27)17(25-19(22)26-18)16-4-2-3-13(8-20)24-16/h2-7,9H,10,21H2,1H3,(H2,22,25,26). The van der Waals surface area contributed by atoms with Crippen LogP contribution in [0.1, 0.15) is 16.8 Å². The van der Waals surface area contributed by atoms with Crippen LogP contribution in [0.25, 0.3) is 22.4 Å². The molecule has 0 atom stereocenters. The monoisotopic (exact) mass is 356 g/mol. The molecule has 0 aliphatic carbocycles. The number of aryl methyl sites for hydroxylation is 1. The van der Waals surface area contributed by atoms with Gasteiger partial charge < -0.3 is 11.5 Å². The van der Waals surface area contributed by atoms with Crippen molar-refractivity contribution >= 4 is 22.7 Å². The van der Waals surface area contributed by atoms with E-state index < -0.39 is 0 Å². The Morgan fingerprint density at radius 3 is 2.74 bits per heavy atom. The SMILES string of the molecule is Cc1cc(Cn2ncc3c(-c4cccc(C#N)n4)nc(N)nc32)ccc1N. The summed E-state index contributed by atoms with van der Waals surface area (Å²) < 4.78 is 1.76. The molecule has 132 valence electrons. The van der Waals surface area contributed by atoms with E-state index in [1.807, 2.05) is 31.2 Å². The number of benzene rings is 1. The van der Waals surface area contributed by atoms with Gasteiger partial charge in [0.2, 0.25) is 5.95 Å². The van der Waals surface area contributed by atoms with E-state index in [9.17, 15) is 0 Å². The third-order valence-corrected chi connectivity index (χ3v) is 4.29. The number of fused-ring (bicyclic) bond motifs is 1. The maximum Gasteiger partial charge on any atom is 0.222 e. The summed E-state index contributed by atoms with van der Waals surface area (Å²) >= 11 is 0. The highest BCUT2D eigenvalue weighted by Gasteiger charge is 2.15. The number of hydrogen-bond donors (Lipinski definition) is 2. The molecule has 0 saturated carbocycles. The number of nitrogens with two attached hydrogens (primary N) is 2. The minimum absolute atomic E-state index is 0.122. The lowest BCUT2D eigenvalue weighted by Crippen LogP contribution is -2.06. The van der Waals surface area contributed by atoms with Crippen LogP contribution in [0.2, 0.25) is 0 Å². The van der Waals surface area contributed by atoms with Crippen molar-refractivity contribution in [2.45, 2.75) is 13.5 Å². The van der Waals surface area contributed by atoms with Crippen molar-refractivity contribution in [1.29, 1.82) is 5.26 Å². The summed E-state index contributed by atoms with van der Waals surface area (Å²) in [6, 6.07) is 13.1. The molecular formula is C19H16N8. The van der Waals surface area contributed by atoms with E-state index in [-0.39, 0.29) is 5.95 Å². The summed E-state index contributed by atoms with van der Waals surface area (Å²) in [4.78, 5) is 13.0. The first-order chi connectivity index (χ1) is 13.0. The van der Waals surface area contributed by atoms with Gasteiger partial charge in [0.25, 0.3) is 0 Å². The number of pyridine rings is 1. The second-order valence-electron chi connectivity index (χ2n) is 6.18. The Bertz CT molecular complexity index is 1200. The van der Waals surface area contributed by atoms with E-state index >= 15 is 0 Å². The fraction of sp³-hybridized carbons (Fsp3) is 0.105. The maximum atomic E-state index is 9.09. The van der Waals surface area contributed by atoms with Crippen LogP contribution in [0.5, 0.6) is 0 Å². The molecule has 4 rings (SSSR count). The van der Waals surface area contributed by atoms with E-state index in [4.69, 9.17) is 16.7 Å². The molecule has 0 bridgehead atoms. The second-order valence-corrected chi connectivity index (χ2v) is 6.18. The Balaban J connectivity index is 1.82. The molecule has 8 nitrogen and oxygen atoms in total. The van der Waals surface area contributed by atoms with Crippen LogP contribution in [0.15, 0.2) is 42.6 Å². The quantitative estimate of drug-likeness (QED) is 0.538. The first kappa shape index (κ1) is 16.5. The van der Waals surface area contributed by atoms with Crippen LogP contribution < -0.4 is 11.5 Å². The zero-order valence-corrected chi connectivity index (χ0v) is 14.6. The van der Waals surface area contributed by atoms with E-state index in [0.29, 0.717) is 29.3 Å². The zero-order valence-electron chi connectivity index (χ0n) is 14.6. The molecule has 0 aliphatic rings. The maximum absolute atomic E-state index is 9.09. The van der Waals surface area contributed by atoms with Gasteiger partial charge in [-0.15, -0.1) is 0 Å². The van der Waals surface area contributed by atoms with Crippen molar-refractivity contribution in [1.82, 2.24) is 24.7 Å². The third kappa shape index (κ3) is 3.02. The summed E-state index contributed by atoms with van der Waals surface area (Å²) in [5, 5.41) is 14.3. The van der Waals surface area contributed by atoms with Gasteiger partial charge >= 0.3 is 0 Å². The molecule has 0 fully saturated rings. The van der Waals surface area contributed by atoms with E-state index in [1.165, 1.54) is 0 Å². The van der Waals surface area contributed by atoms with Crippen molar-refractivity contribution < 1.29 is 0 Å². The summed E-state index contributed by atoms with van der Waals surface area (Å²) in [5.74, 6) is 0.122. The summed E-state index contributed by atoms with van der Waals surface area (Å²) in [5.41, 5.74) is 16.6. The lowest BCUT2D eigenvalue weighted by molar-refractivity contribution is 0.704. The Labute approximate surface area is 155 Å². The van der Waals surface area contributed by atoms with Crippen molar-refractivity contribution in [3.63, 3.8) is 0 Å². The molecule has 0 saturated heterocycles. The lowest BCUT2D eigenvalue weighted by atomic mass is 10.1. The smallest absolute Gasteiger partial charge is 0.222 e. The van der Waals surface area contributed by atoms with Crippen LogP contribution in [0.4, 0.5) is 11.6 Å². The molecule has 3 aromatic heterocycles. The molecular weight excluding hydrogens is 340 g/mol. The molecule has 0 amide bonds. The number of nitrogen functional groups attached to an aromatic ring is 2. The van der Waals surface area contributed by atoms with Gasteiger partial charge in [0, 0.05) is 5.69 Å². The van der Waals surface area contributed by atoms with Gasteiger partial charge in [0.15, 0.2) is 5.65 Å². The van der Waals surface area contributed by atoms with E-state index in [1.54, 1.807) is 29.1 Å². The van der Waals surface area contributed by atoms with Crippen LogP contribution >= 0.6 is 0 Å². The number of anilines is 2. The van der Waals surface area contributed by atoms with Gasteiger partial charge in [-0.1, -0.05) is 18.2 Å². The van der Waals surface area contributed by atoms with Gasteiger partial charge in [0.05, 0.1) is 23.8 Å². The fourth-order valence-electron chi connectivity index (χ4n) is 2.92. The summed E-state index contributed by atoms with van der Waals surface area (Å²) in [7, 11) is 0. The highest BCUT2D eigenvalue weighted by atomic mass is 15.3. The predicted molar refractivity (Wildman–Crippen MR) is 102 cm³/mol. The number of hydrogen-bond acceptors (Lipinski definition) is 7. The number of rotatable bonds is 3. The summed E-state index contributed by atoms with van der Waals surface area (Å²) in [6.07, 6.45) is 1.69. The second kappa shape index (κ2) is 6.38. The normalized spacial score (nSPS) is 10.8. The fourth-order valence-corrected chi connectivity index (χ4v) is 2.92. The molecule has 3 heterocycles. The zero-order chi connectivity index (χ0) is 19.0. The average molecular weight is 356 g/mol. The Hall–Kier alpha value is -3.99. The first-order valence-corrected chi connectivity index (χ1v) is 8.26. The van der Waals surface area contributed by atoms with E-state index in [2.05, 4.69) is 20.1 Å². The lowest BCUT2D eigenvalue weighted by Gasteiger charge is -2.08. The molecule has 1 aromatic carbocycles. The molecule has 0 unspecified atom stereocenters. The van der Waals surface area contributed by atoms with Crippen molar-refractivity contribution in [2.75, 3.05) is 11.5 Å². The molecule has 0 radical (unpaired) electrons. The van der Waals surface area contributed by atoms with Gasteiger partial charge in [-0.25, -0.2) is 14.6 Å². The predicted octanol–water partition coefficient (Wildman–Crippen LogP) is 2.28. The van der Waals surface area contributed by atoms with Crippen LogP contribution in [-0.2, 0) is 6.54 Å². The highest BCUT2D eigenvalue weighted by Crippen LogP contribution is 2.26. The highest BCUT2D eigenvalue weighted by molar-refractivity contribution is 5.90. The Morgan fingerprint density at radius 2 is 1.96 bits per heavy atom. The number of aromatic nitrogens is 5. The Kier molecular flexibility index (Phi) is 3.90. The van der Waals surface area contributed by atoms with Crippen molar-refractivity contribution in [3.8, 4) is 17.5 Å². The molecule has 4 aromatic rings. The molecule has 4 N–H and O–H groups in total. The molecule has 8 heteroatoms. The molecule has 27 heavy (non-hydrogen) atoms. The number of nitriles is 1. The topological polar surface area (TPSA) is 132 Å². The minimum atomic E-state index is 0.122. The van der Waals surface area contributed by atoms with Crippen LogP contribution in [-0.4, -0.2) is 24.7 Å². The van der Waals surface area contributed by atoms with Gasteiger partial charge in [-0.2, -0.15) is 15.3 Å². The van der Waals surface area contributed by atoms with Gasteiger partial charge in [-0.3, -0.25) is 0 Å². The summed E-state index contributed by atoms with van der Waals surface area (Å²) in [6.45, 7) is 2.48. The number of nitrogens with zero attached hydrogens (tertiary/aromatic N) is 6. The van der Waals surface area contributed by atoms with Gasteiger partial charge in [0.1, 0.15) is 17.5 Å². The molecule has 0 aliphatic heterocycles. The molecule has 0 spiro atoms. The Morgan fingerprint density at radius 1 is 1.11 bits per heavy atom. The van der Waals surface area contributed by atoms with Crippen molar-refractivity contribution in [3.05, 3.63) is 59.4 Å². The van der Waals surface area contributed by atoms with Crippen LogP contribution in [0.3, 0.4) is 0 Å². The average Bonchev–Trinajstić information content (AvgIpc) is 3.06.